The number of aryl methyl sites for hydroxylation is 2. The average Bonchev–Trinajstić information content (AvgIpc) is 3.68. The van der Waals surface area contributed by atoms with E-state index in [-0.39, 0.29) is 13.2 Å². The normalized spacial score (nSPS) is 11.7. The van der Waals surface area contributed by atoms with Crippen molar-refractivity contribution in [2.45, 2.75) is 45.5 Å². The Morgan fingerprint density at radius 3 is 2.55 bits per heavy atom. The summed E-state index contributed by atoms with van der Waals surface area (Å²) in [5.74, 6) is 1.43. The lowest BCUT2D eigenvalue weighted by Crippen LogP contribution is -2.34. The summed E-state index contributed by atoms with van der Waals surface area (Å²) in [7, 11) is 1.56. The third kappa shape index (κ3) is 9.69. The molecule has 0 aliphatic heterocycles. The first kappa shape index (κ1) is 32.3. The van der Waals surface area contributed by atoms with E-state index in [0.717, 1.165) is 31.4 Å². The molecule has 0 unspecified atom stereocenters. The van der Waals surface area contributed by atoms with E-state index < -0.39 is 17.8 Å². The Kier molecular flexibility index (Phi) is 11.5. The number of carbonyl (C=O) groups is 1. The first-order valence-electron chi connectivity index (χ1n) is 14.1. The van der Waals surface area contributed by atoms with E-state index in [1.807, 2.05) is 24.3 Å². The molecule has 0 N–H and O–H groups in total. The lowest BCUT2D eigenvalue weighted by atomic mass is 10.1. The SMILES string of the molecule is CCOC(=O)N(CCOC)c1cn(CCCCc2ccc(OCc3coc(C=Cc4ccc(C(F)(F)F)cc4)n3)cc2)nn1. The Balaban J connectivity index is 1.18. The van der Waals surface area contributed by atoms with E-state index >= 15 is 0 Å². The number of methoxy groups -OCH3 is 1. The Bertz CT molecular complexity index is 1480. The second-order valence-corrected chi connectivity index (χ2v) is 9.70. The van der Waals surface area contributed by atoms with Crippen molar-refractivity contribution in [3.05, 3.63) is 89.3 Å². The number of rotatable bonds is 15. The third-order valence-corrected chi connectivity index (χ3v) is 6.45. The topological polar surface area (TPSA) is 105 Å². The predicted octanol–water partition coefficient (Wildman–Crippen LogP) is 6.67. The van der Waals surface area contributed by atoms with Gasteiger partial charge in [0.2, 0.25) is 5.89 Å². The van der Waals surface area contributed by atoms with Gasteiger partial charge in [-0.3, -0.25) is 9.58 Å². The van der Waals surface area contributed by atoms with Crippen LogP contribution in [0.1, 0.15) is 48.0 Å². The Morgan fingerprint density at radius 1 is 1.07 bits per heavy atom. The molecule has 0 atom stereocenters. The molecule has 0 saturated carbocycles. The fourth-order valence-electron chi connectivity index (χ4n) is 4.13. The van der Waals surface area contributed by atoms with Gasteiger partial charge in [0.15, 0.2) is 5.82 Å². The van der Waals surface area contributed by atoms with E-state index in [1.54, 1.807) is 37.1 Å². The number of carbonyl (C=O) groups excluding carboxylic acids is 1. The van der Waals surface area contributed by atoms with Crippen LogP contribution in [0, 0.1) is 0 Å². The van der Waals surface area contributed by atoms with Crippen LogP contribution in [0.15, 0.2) is 65.4 Å². The molecular formula is C31H34F3N5O5. The minimum Gasteiger partial charge on any atom is -0.487 e. The zero-order valence-electron chi connectivity index (χ0n) is 24.5. The van der Waals surface area contributed by atoms with Gasteiger partial charge in [-0.15, -0.1) is 5.10 Å². The molecular weight excluding hydrogens is 579 g/mol. The number of benzene rings is 2. The monoisotopic (exact) mass is 613 g/mol. The molecule has 0 saturated heterocycles. The summed E-state index contributed by atoms with van der Waals surface area (Å²) in [6, 6.07) is 12.6. The van der Waals surface area contributed by atoms with Crippen LogP contribution in [0.5, 0.6) is 5.75 Å². The molecule has 0 fully saturated rings. The Morgan fingerprint density at radius 2 is 1.84 bits per heavy atom. The molecule has 0 spiro atoms. The molecule has 234 valence electrons. The molecule has 2 aromatic carbocycles. The Hall–Kier alpha value is -4.65. The first-order chi connectivity index (χ1) is 21.2. The van der Waals surface area contributed by atoms with E-state index in [2.05, 4.69) is 15.3 Å². The quantitative estimate of drug-likeness (QED) is 0.137. The molecule has 1 amide bonds. The number of unbranched alkanes of at least 4 members (excludes halogenated alkanes) is 1. The minimum atomic E-state index is -4.37. The van der Waals surface area contributed by atoms with Crippen LogP contribution in [0.25, 0.3) is 12.2 Å². The van der Waals surface area contributed by atoms with Gasteiger partial charge in [-0.1, -0.05) is 29.5 Å². The van der Waals surface area contributed by atoms with Crippen molar-refractivity contribution in [2.24, 2.45) is 0 Å². The zero-order valence-corrected chi connectivity index (χ0v) is 24.5. The number of amides is 1. The number of ether oxygens (including phenoxy) is 3. The second-order valence-electron chi connectivity index (χ2n) is 9.70. The summed E-state index contributed by atoms with van der Waals surface area (Å²) in [5.41, 5.74) is 1.65. The lowest BCUT2D eigenvalue weighted by Gasteiger charge is -2.18. The van der Waals surface area contributed by atoms with Gasteiger partial charge in [-0.05, 0) is 67.7 Å². The number of alkyl halides is 3. The molecule has 44 heavy (non-hydrogen) atoms. The van der Waals surface area contributed by atoms with Gasteiger partial charge < -0.3 is 18.6 Å². The largest absolute Gasteiger partial charge is 0.487 e. The van der Waals surface area contributed by atoms with Crippen molar-refractivity contribution >= 4 is 24.1 Å². The van der Waals surface area contributed by atoms with Crippen molar-refractivity contribution in [2.75, 3.05) is 31.8 Å². The number of hydrogen-bond donors (Lipinski definition) is 0. The Labute approximate surface area is 253 Å². The van der Waals surface area contributed by atoms with Crippen LogP contribution >= 0.6 is 0 Å². The molecule has 2 aromatic heterocycles. The summed E-state index contributed by atoms with van der Waals surface area (Å²) in [4.78, 5) is 18.0. The summed E-state index contributed by atoms with van der Waals surface area (Å²) in [6.45, 7) is 3.55. The summed E-state index contributed by atoms with van der Waals surface area (Å²) < 4.78 is 61.3. The lowest BCUT2D eigenvalue weighted by molar-refractivity contribution is -0.137. The molecule has 0 bridgehead atoms. The smallest absolute Gasteiger partial charge is 0.416 e. The molecule has 13 heteroatoms. The molecule has 10 nitrogen and oxygen atoms in total. The predicted molar refractivity (Wildman–Crippen MR) is 157 cm³/mol. The number of anilines is 1. The molecule has 4 rings (SSSR count). The summed E-state index contributed by atoms with van der Waals surface area (Å²) in [5, 5.41) is 8.25. The van der Waals surface area contributed by atoms with E-state index in [1.165, 1.54) is 28.9 Å². The number of oxazole rings is 1. The number of hydrogen-bond acceptors (Lipinski definition) is 8. The molecule has 0 aliphatic rings. The van der Waals surface area contributed by atoms with Crippen LogP contribution in [0.2, 0.25) is 0 Å². The van der Waals surface area contributed by atoms with Gasteiger partial charge in [0.1, 0.15) is 24.3 Å². The molecule has 2 heterocycles. The third-order valence-electron chi connectivity index (χ3n) is 6.45. The van der Waals surface area contributed by atoms with Gasteiger partial charge in [0.25, 0.3) is 0 Å². The van der Waals surface area contributed by atoms with Crippen molar-refractivity contribution in [3.8, 4) is 5.75 Å². The minimum absolute atomic E-state index is 0.204. The summed E-state index contributed by atoms with van der Waals surface area (Å²) in [6.07, 6.45) is 4.26. The highest BCUT2D eigenvalue weighted by atomic mass is 19.4. The van der Waals surface area contributed by atoms with E-state index in [9.17, 15) is 18.0 Å². The maximum Gasteiger partial charge on any atom is 0.416 e. The number of aromatic nitrogens is 4. The highest BCUT2D eigenvalue weighted by Crippen LogP contribution is 2.29. The number of nitrogens with zero attached hydrogens (tertiary/aromatic N) is 5. The maximum atomic E-state index is 12.7. The fraction of sp³-hybridized carbons (Fsp3) is 0.355. The van der Waals surface area contributed by atoms with Crippen molar-refractivity contribution in [1.82, 2.24) is 20.0 Å². The van der Waals surface area contributed by atoms with Crippen LogP contribution in [-0.2, 0) is 35.2 Å². The van der Waals surface area contributed by atoms with Gasteiger partial charge in [-0.25, -0.2) is 9.78 Å². The highest BCUT2D eigenvalue weighted by Gasteiger charge is 2.29. The first-order valence-corrected chi connectivity index (χ1v) is 14.1. The van der Waals surface area contributed by atoms with Crippen LogP contribution in [0.3, 0.4) is 0 Å². The molecule has 0 radical (unpaired) electrons. The molecule has 4 aromatic rings. The summed E-state index contributed by atoms with van der Waals surface area (Å²) >= 11 is 0. The van der Waals surface area contributed by atoms with Crippen molar-refractivity contribution in [3.63, 3.8) is 0 Å². The maximum absolute atomic E-state index is 12.7. The van der Waals surface area contributed by atoms with Crippen LogP contribution in [-0.4, -0.2) is 52.9 Å². The van der Waals surface area contributed by atoms with Gasteiger partial charge in [0, 0.05) is 19.7 Å². The second kappa shape index (κ2) is 15.7. The molecule has 0 aliphatic carbocycles. The van der Waals surface area contributed by atoms with E-state index in [4.69, 9.17) is 18.6 Å². The number of halogens is 3. The van der Waals surface area contributed by atoms with E-state index in [0.29, 0.717) is 48.4 Å². The zero-order chi connectivity index (χ0) is 31.4. The average molecular weight is 614 g/mol. The van der Waals surface area contributed by atoms with Crippen molar-refractivity contribution in [1.29, 1.82) is 0 Å². The van der Waals surface area contributed by atoms with Crippen LogP contribution < -0.4 is 9.64 Å². The fourth-order valence-corrected chi connectivity index (χ4v) is 4.13. The van der Waals surface area contributed by atoms with Gasteiger partial charge in [-0.2, -0.15) is 13.2 Å². The van der Waals surface area contributed by atoms with Gasteiger partial charge >= 0.3 is 12.3 Å². The standard InChI is InChI=1S/C31H34F3N5O5/c1-3-42-30(40)39(18-19-41-2)28-20-38(37-36-28)17-5-4-6-23-9-14-27(15-10-23)43-21-26-22-44-29(35-26)16-11-24-7-12-25(13-8-24)31(32,33)34/h7-16,20,22H,3-6,17-19,21H2,1-2H3. The van der Waals surface area contributed by atoms with Crippen molar-refractivity contribution < 1.29 is 36.6 Å². The highest BCUT2D eigenvalue weighted by molar-refractivity contribution is 5.86. The van der Waals surface area contributed by atoms with Crippen LogP contribution in [0.4, 0.5) is 23.8 Å². The van der Waals surface area contributed by atoms with Gasteiger partial charge in [0.05, 0.1) is 31.5 Å².